The largest absolute Gasteiger partial charge is 0.299 e. The van der Waals surface area contributed by atoms with Gasteiger partial charge in [-0.15, -0.1) is 6.58 Å². The molecule has 0 unspecified atom stereocenters. The Balaban J connectivity index is 1.98. The second-order valence-electron chi connectivity index (χ2n) is 7.58. The second kappa shape index (κ2) is 5.73. The number of sulfonamides is 1. The van der Waals surface area contributed by atoms with Gasteiger partial charge in [-0.3, -0.25) is 9.10 Å². The molecule has 0 spiro atoms. The molecule has 1 aromatic carbocycles. The molecule has 24 heavy (non-hydrogen) atoms. The molecule has 0 aliphatic heterocycles. The van der Waals surface area contributed by atoms with Crippen molar-refractivity contribution < 1.29 is 13.2 Å². The lowest BCUT2D eigenvalue weighted by molar-refractivity contribution is -0.128. The van der Waals surface area contributed by atoms with Crippen LogP contribution >= 0.6 is 0 Å². The van der Waals surface area contributed by atoms with Gasteiger partial charge in [0.15, 0.2) is 0 Å². The molecule has 0 aromatic heterocycles. The van der Waals surface area contributed by atoms with Gasteiger partial charge in [-0.1, -0.05) is 38.1 Å². The van der Waals surface area contributed by atoms with Gasteiger partial charge in [-0.25, -0.2) is 8.42 Å². The van der Waals surface area contributed by atoms with Crippen LogP contribution in [0.4, 0.5) is 5.69 Å². The summed E-state index contributed by atoms with van der Waals surface area (Å²) in [7, 11) is -3.63. The van der Waals surface area contributed by atoms with Gasteiger partial charge in [0.1, 0.15) is 5.78 Å². The molecule has 2 aliphatic carbocycles. The first-order valence-electron chi connectivity index (χ1n) is 8.44. The fourth-order valence-corrected chi connectivity index (χ4v) is 6.82. The summed E-state index contributed by atoms with van der Waals surface area (Å²) in [5, 5.41) is 0. The van der Waals surface area contributed by atoms with Crippen molar-refractivity contribution in [3.63, 3.8) is 0 Å². The first-order chi connectivity index (χ1) is 11.2. The lowest BCUT2D eigenvalue weighted by atomic mass is 9.70. The summed E-state index contributed by atoms with van der Waals surface area (Å²) in [5.41, 5.74) is -0.384. The summed E-state index contributed by atoms with van der Waals surface area (Å²) in [4.78, 5) is 12.7. The average molecular weight is 347 g/mol. The minimum absolute atomic E-state index is 0.106. The molecule has 2 saturated carbocycles. The third-order valence-corrected chi connectivity index (χ3v) is 8.13. The summed E-state index contributed by atoms with van der Waals surface area (Å²) in [5.74, 6) is 0.328. The highest BCUT2D eigenvalue weighted by atomic mass is 32.2. The van der Waals surface area contributed by atoms with E-state index in [1.807, 2.05) is 18.2 Å². The number of anilines is 1. The van der Waals surface area contributed by atoms with Crippen LogP contribution in [0.15, 0.2) is 43.0 Å². The van der Waals surface area contributed by atoms with E-state index < -0.39 is 15.4 Å². The second-order valence-corrected chi connectivity index (χ2v) is 9.47. The maximum absolute atomic E-state index is 13.2. The van der Waals surface area contributed by atoms with Crippen molar-refractivity contribution in [3.8, 4) is 0 Å². The van der Waals surface area contributed by atoms with Gasteiger partial charge >= 0.3 is 0 Å². The number of carbonyl (C=O) groups excluding carboxylic acids is 1. The molecule has 2 atom stereocenters. The summed E-state index contributed by atoms with van der Waals surface area (Å²) in [6.07, 6.45) is 3.73. The number of ketones is 1. The number of para-hydroxylation sites is 1. The van der Waals surface area contributed by atoms with Gasteiger partial charge in [0.25, 0.3) is 0 Å². The first kappa shape index (κ1) is 17.2. The van der Waals surface area contributed by atoms with E-state index in [-0.39, 0.29) is 23.5 Å². The Labute approximate surface area is 144 Å². The van der Waals surface area contributed by atoms with E-state index in [9.17, 15) is 13.2 Å². The van der Waals surface area contributed by atoms with Crippen LogP contribution in [0, 0.1) is 16.7 Å². The topological polar surface area (TPSA) is 54.5 Å². The number of carbonyl (C=O) groups is 1. The van der Waals surface area contributed by atoms with Crippen molar-refractivity contribution in [1.82, 2.24) is 0 Å². The quantitative estimate of drug-likeness (QED) is 0.741. The fourth-order valence-electron chi connectivity index (χ4n) is 4.59. The van der Waals surface area contributed by atoms with Crippen molar-refractivity contribution in [2.45, 2.75) is 33.1 Å². The van der Waals surface area contributed by atoms with Crippen LogP contribution in [-0.2, 0) is 14.8 Å². The molecule has 2 bridgehead atoms. The van der Waals surface area contributed by atoms with Gasteiger partial charge in [-0.05, 0) is 36.3 Å². The predicted octanol–water partition coefficient (Wildman–Crippen LogP) is 3.40. The van der Waals surface area contributed by atoms with E-state index in [2.05, 4.69) is 20.4 Å². The van der Waals surface area contributed by atoms with E-state index in [0.29, 0.717) is 24.4 Å². The molecule has 2 aliphatic rings. The van der Waals surface area contributed by atoms with E-state index >= 15 is 0 Å². The van der Waals surface area contributed by atoms with Crippen molar-refractivity contribution in [3.05, 3.63) is 43.0 Å². The van der Waals surface area contributed by atoms with Gasteiger partial charge < -0.3 is 0 Å². The van der Waals surface area contributed by atoms with Gasteiger partial charge in [-0.2, -0.15) is 0 Å². The maximum atomic E-state index is 13.2. The highest BCUT2D eigenvalue weighted by Gasteiger charge is 2.65. The number of rotatable bonds is 6. The standard InChI is InChI=1S/C19H25NO3S/c1-4-12-20(16-8-6-5-7-9-16)24(22,23)14-19-11-10-15(13-17(19)21)18(19,2)3/h4-9,15H,1,10-14H2,2-3H3/t15-,19-/m1/s1. The lowest BCUT2D eigenvalue weighted by Gasteiger charge is -2.38. The minimum atomic E-state index is -3.63. The molecule has 5 heteroatoms. The first-order valence-corrected chi connectivity index (χ1v) is 10.1. The number of benzene rings is 1. The van der Waals surface area contributed by atoms with E-state index in [0.717, 1.165) is 6.42 Å². The van der Waals surface area contributed by atoms with Crippen molar-refractivity contribution in [2.24, 2.45) is 16.7 Å². The Hall–Kier alpha value is -1.62. The molecular weight excluding hydrogens is 322 g/mol. The summed E-state index contributed by atoms with van der Waals surface area (Å²) in [6, 6.07) is 9.03. The Morgan fingerprint density at radius 1 is 1.29 bits per heavy atom. The molecule has 1 aromatic rings. The van der Waals surface area contributed by atoms with Crippen LogP contribution in [0.1, 0.15) is 33.1 Å². The molecule has 0 N–H and O–H groups in total. The van der Waals surface area contributed by atoms with Gasteiger partial charge in [0, 0.05) is 6.42 Å². The highest BCUT2D eigenvalue weighted by molar-refractivity contribution is 7.92. The molecule has 130 valence electrons. The molecular formula is C19H25NO3S. The smallest absolute Gasteiger partial charge is 0.236 e. The monoisotopic (exact) mass is 347 g/mol. The zero-order chi connectivity index (χ0) is 17.6. The Morgan fingerprint density at radius 2 is 1.96 bits per heavy atom. The van der Waals surface area contributed by atoms with E-state index in [4.69, 9.17) is 0 Å². The van der Waals surface area contributed by atoms with E-state index in [1.165, 1.54) is 4.31 Å². The van der Waals surface area contributed by atoms with Gasteiger partial charge in [0.05, 0.1) is 23.4 Å². The van der Waals surface area contributed by atoms with Crippen molar-refractivity contribution >= 4 is 21.5 Å². The third kappa shape index (κ3) is 2.41. The summed E-state index contributed by atoms with van der Waals surface area (Å²) >= 11 is 0. The number of hydrogen-bond acceptors (Lipinski definition) is 3. The maximum Gasteiger partial charge on any atom is 0.236 e. The average Bonchev–Trinajstić information content (AvgIpc) is 2.87. The Morgan fingerprint density at radius 3 is 2.46 bits per heavy atom. The van der Waals surface area contributed by atoms with Crippen LogP contribution in [-0.4, -0.2) is 26.5 Å². The summed E-state index contributed by atoms with van der Waals surface area (Å²) in [6.45, 7) is 8.02. The zero-order valence-corrected chi connectivity index (χ0v) is 15.2. The number of Topliss-reactive ketones (excluding diaryl/α,β-unsaturated/α-hetero) is 1. The van der Waals surface area contributed by atoms with Crippen LogP contribution in [0.2, 0.25) is 0 Å². The molecule has 3 rings (SSSR count). The van der Waals surface area contributed by atoms with Crippen LogP contribution in [0.25, 0.3) is 0 Å². The number of hydrogen-bond donors (Lipinski definition) is 0. The molecule has 4 nitrogen and oxygen atoms in total. The summed E-state index contributed by atoms with van der Waals surface area (Å²) < 4.78 is 27.8. The Kier molecular flexibility index (Phi) is 4.11. The molecule has 2 fully saturated rings. The highest BCUT2D eigenvalue weighted by Crippen LogP contribution is 2.64. The van der Waals surface area contributed by atoms with Crippen LogP contribution in [0.3, 0.4) is 0 Å². The molecule has 0 amide bonds. The van der Waals surface area contributed by atoms with Crippen molar-refractivity contribution in [2.75, 3.05) is 16.6 Å². The van der Waals surface area contributed by atoms with Crippen molar-refractivity contribution in [1.29, 1.82) is 0 Å². The predicted molar refractivity (Wildman–Crippen MR) is 96.3 cm³/mol. The molecule has 0 heterocycles. The number of nitrogens with zero attached hydrogens (tertiary/aromatic N) is 1. The van der Waals surface area contributed by atoms with Gasteiger partial charge in [0.2, 0.25) is 10.0 Å². The lowest BCUT2D eigenvalue weighted by Crippen LogP contribution is -2.46. The SMILES string of the molecule is C=CCN(c1ccccc1)S(=O)(=O)C[C@]12CC[C@H](CC1=O)C2(C)C. The number of fused-ring (bicyclic) bond motifs is 2. The van der Waals surface area contributed by atoms with E-state index in [1.54, 1.807) is 18.2 Å². The fraction of sp³-hybridized carbons (Fsp3) is 0.526. The Bertz CT molecular complexity index is 754. The zero-order valence-electron chi connectivity index (χ0n) is 14.4. The molecule has 0 radical (unpaired) electrons. The molecule has 0 saturated heterocycles. The van der Waals surface area contributed by atoms with Crippen LogP contribution < -0.4 is 4.31 Å². The van der Waals surface area contributed by atoms with Crippen LogP contribution in [0.5, 0.6) is 0 Å². The third-order valence-electron chi connectivity index (χ3n) is 6.24. The minimum Gasteiger partial charge on any atom is -0.299 e. The normalized spacial score (nSPS) is 28.1.